The molecule has 5 nitrogen and oxygen atoms in total. The average molecular weight is 329 g/mol. The second-order valence-electron chi connectivity index (χ2n) is 6.39. The van der Waals surface area contributed by atoms with Crippen molar-refractivity contribution in [2.45, 2.75) is 46.0 Å². The quantitative estimate of drug-likeness (QED) is 0.700. The van der Waals surface area contributed by atoms with Gasteiger partial charge in [-0.15, -0.1) is 0 Å². The maximum Gasteiger partial charge on any atom is 0.321 e. The summed E-state index contributed by atoms with van der Waals surface area (Å²) >= 11 is 0. The topological polar surface area (TPSA) is 70.2 Å². The van der Waals surface area contributed by atoms with Crippen LogP contribution in [0.4, 0.5) is 10.5 Å². The molecule has 0 unspecified atom stereocenters. The Balaban J connectivity index is 1.65. The van der Waals surface area contributed by atoms with Crippen molar-refractivity contribution in [3.8, 4) is 0 Å². The SMILES string of the molecule is Cc1cc(C)cc(NCC(=O)NC(=O)NCCC2=CCCCC2)c1. The number of rotatable bonds is 6. The summed E-state index contributed by atoms with van der Waals surface area (Å²) in [7, 11) is 0. The van der Waals surface area contributed by atoms with Crippen LogP contribution in [0.5, 0.6) is 0 Å². The van der Waals surface area contributed by atoms with Crippen molar-refractivity contribution in [3.63, 3.8) is 0 Å². The largest absolute Gasteiger partial charge is 0.376 e. The number of nitrogens with one attached hydrogen (secondary N) is 3. The third-order valence-electron chi connectivity index (χ3n) is 4.04. The minimum atomic E-state index is -0.432. The van der Waals surface area contributed by atoms with Crippen LogP contribution in [0, 0.1) is 13.8 Å². The van der Waals surface area contributed by atoms with Crippen LogP contribution in [0.25, 0.3) is 0 Å². The first-order chi connectivity index (χ1) is 11.5. The molecule has 0 bridgehead atoms. The van der Waals surface area contributed by atoms with Crippen molar-refractivity contribution in [1.82, 2.24) is 10.6 Å². The number of benzene rings is 1. The maximum absolute atomic E-state index is 11.8. The zero-order chi connectivity index (χ0) is 17.4. The highest BCUT2D eigenvalue weighted by Gasteiger charge is 2.08. The van der Waals surface area contributed by atoms with Crippen LogP contribution >= 0.6 is 0 Å². The second-order valence-corrected chi connectivity index (χ2v) is 6.39. The number of anilines is 1. The third kappa shape index (κ3) is 6.44. The molecule has 3 N–H and O–H groups in total. The number of carbonyl (C=O) groups is 2. The molecule has 5 heteroatoms. The molecule has 0 aromatic heterocycles. The lowest BCUT2D eigenvalue weighted by atomic mass is 9.97. The van der Waals surface area contributed by atoms with Gasteiger partial charge in [0.15, 0.2) is 0 Å². The van der Waals surface area contributed by atoms with E-state index in [0.717, 1.165) is 36.1 Å². The Labute approximate surface area is 143 Å². The fourth-order valence-electron chi connectivity index (χ4n) is 2.94. The summed E-state index contributed by atoms with van der Waals surface area (Å²) in [5, 5.41) is 8.12. The zero-order valence-electron chi connectivity index (χ0n) is 14.6. The molecule has 130 valence electrons. The highest BCUT2D eigenvalue weighted by molar-refractivity contribution is 5.96. The van der Waals surface area contributed by atoms with Crippen molar-refractivity contribution >= 4 is 17.6 Å². The van der Waals surface area contributed by atoms with Crippen LogP contribution < -0.4 is 16.0 Å². The van der Waals surface area contributed by atoms with Crippen molar-refractivity contribution in [2.75, 3.05) is 18.4 Å². The van der Waals surface area contributed by atoms with Gasteiger partial charge >= 0.3 is 6.03 Å². The predicted octanol–water partition coefficient (Wildman–Crippen LogP) is 3.43. The van der Waals surface area contributed by atoms with Crippen molar-refractivity contribution in [2.24, 2.45) is 0 Å². The molecule has 0 radical (unpaired) electrons. The van der Waals surface area contributed by atoms with Gasteiger partial charge in [0.1, 0.15) is 0 Å². The van der Waals surface area contributed by atoms with E-state index in [0.29, 0.717) is 6.54 Å². The number of carbonyl (C=O) groups excluding carboxylic acids is 2. The molecule has 3 amide bonds. The van der Waals surface area contributed by atoms with Gasteiger partial charge in [-0.1, -0.05) is 17.7 Å². The van der Waals surface area contributed by atoms with E-state index in [4.69, 9.17) is 0 Å². The Hall–Kier alpha value is -2.30. The molecule has 1 aliphatic rings. The summed E-state index contributed by atoms with van der Waals surface area (Å²) in [5.41, 5.74) is 4.55. The second kappa shape index (κ2) is 9.11. The number of urea groups is 1. The fourth-order valence-corrected chi connectivity index (χ4v) is 2.94. The Bertz CT molecular complexity index is 603. The minimum Gasteiger partial charge on any atom is -0.376 e. The molecule has 0 atom stereocenters. The van der Waals surface area contributed by atoms with Gasteiger partial charge in [0.25, 0.3) is 0 Å². The summed E-state index contributed by atoms with van der Waals surface area (Å²) in [6, 6.07) is 5.58. The number of hydrogen-bond donors (Lipinski definition) is 3. The van der Waals surface area contributed by atoms with Crippen LogP contribution in [0.15, 0.2) is 29.8 Å². The van der Waals surface area contributed by atoms with Gasteiger partial charge in [0, 0.05) is 12.2 Å². The minimum absolute atomic E-state index is 0.0709. The lowest BCUT2D eigenvalue weighted by Crippen LogP contribution is -2.42. The Morgan fingerprint density at radius 1 is 1.08 bits per heavy atom. The highest BCUT2D eigenvalue weighted by Crippen LogP contribution is 2.19. The molecular weight excluding hydrogens is 302 g/mol. The van der Waals surface area contributed by atoms with E-state index in [-0.39, 0.29) is 12.5 Å². The summed E-state index contributed by atoms with van der Waals surface area (Å²) in [6.45, 7) is 4.65. The molecular formula is C19H27N3O2. The number of hydrogen-bond acceptors (Lipinski definition) is 3. The first-order valence-corrected chi connectivity index (χ1v) is 8.60. The van der Waals surface area contributed by atoms with E-state index in [1.165, 1.54) is 18.4 Å². The van der Waals surface area contributed by atoms with Gasteiger partial charge in [0.05, 0.1) is 6.54 Å². The third-order valence-corrected chi connectivity index (χ3v) is 4.04. The molecule has 0 saturated carbocycles. The summed E-state index contributed by atoms with van der Waals surface area (Å²) in [6.07, 6.45) is 7.90. The van der Waals surface area contributed by atoms with Crippen LogP contribution in [-0.2, 0) is 4.79 Å². The van der Waals surface area contributed by atoms with E-state index < -0.39 is 6.03 Å². The normalized spacial score (nSPS) is 13.8. The average Bonchev–Trinajstić information content (AvgIpc) is 2.53. The van der Waals surface area contributed by atoms with E-state index in [1.807, 2.05) is 26.0 Å². The van der Waals surface area contributed by atoms with E-state index in [9.17, 15) is 9.59 Å². The van der Waals surface area contributed by atoms with E-state index in [1.54, 1.807) is 0 Å². The maximum atomic E-state index is 11.8. The molecule has 0 heterocycles. The van der Waals surface area contributed by atoms with Crippen LogP contribution in [0.3, 0.4) is 0 Å². The van der Waals surface area contributed by atoms with Crippen LogP contribution in [0.2, 0.25) is 0 Å². The lowest BCUT2D eigenvalue weighted by Gasteiger charge is -2.13. The predicted molar refractivity (Wildman–Crippen MR) is 97.1 cm³/mol. The standard InChI is InChI=1S/C19H27N3O2/c1-14-10-15(2)12-17(11-14)21-13-18(23)22-19(24)20-9-8-16-6-4-3-5-7-16/h6,10-12,21H,3-5,7-9,13H2,1-2H3,(H2,20,22,23,24). The van der Waals surface area contributed by atoms with Gasteiger partial charge < -0.3 is 10.6 Å². The van der Waals surface area contributed by atoms with Gasteiger partial charge in [-0.05, 0) is 69.2 Å². The molecule has 0 aliphatic heterocycles. The molecule has 1 aromatic rings. The number of allylic oxidation sites excluding steroid dienone is 1. The molecule has 0 saturated heterocycles. The van der Waals surface area contributed by atoms with Crippen molar-refractivity contribution < 1.29 is 9.59 Å². The highest BCUT2D eigenvalue weighted by atomic mass is 16.2. The lowest BCUT2D eigenvalue weighted by molar-refractivity contribution is -0.118. The van der Waals surface area contributed by atoms with E-state index >= 15 is 0 Å². The smallest absolute Gasteiger partial charge is 0.321 e. The van der Waals surface area contributed by atoms with Gasteiger partial charge in [-0.25, -0.2) is 4.79 Å². The first-order valence-electron chi connectivity index (χ1n) is 8.60. The van der Waals surface area contributed by atoms with Crippen LogP contribution in [-0.4, -0.2) is 25.0 Å². The molecule has 0 fully saturated rings. The van der Waals surface area contributed by atoms with Gasteiger partial charge in [-0.2, -0.15) is 0 Å². The molecule has 24 heavy (non-hydrogen) atoms. The number of imide groups is 1. The van der Waals surface area contributed by atoms with Crippen molar-refractivity contribution in [3.05, 3.63) is 41.0 Å². The van der Waals surface area contributed by atoms with Gasteiger partial charge in [0.2, 0.25) is 5.91 Å². The molecule has 1 aliphatic carbocycles. The zero-order valence-corrected chi connectivity index (χ0v) is 14.6. The number of amides is 3. The molecule has 0 spiro atoms. The Kier molecular flexibility index (Phi) is 6.85. The van der Waals surface area contributed by atoms with E-state index in [2.05, 4.69) is 28.1 Å². The fraction of sp³-hybridized carbons (Fsp3) is 0.474. The number of aryl methyl sites for hydroxylation is 2. The van der Waals surface area contributed by atoms with Crippen LogP contribution in [0.1, 0.15) is 43.2 Å². The summed E-state index contributed by atoms with van der Waals surface area (Å²) in [4.78, 5) is 23.5. The monoisotopic (exact) mass is 329 g/mol. The Morgan fingerprint density at radius 3 is 2.50 bits per heavy atom. The Morgan fingerprint density at radius 2 is 1.83 bits per heavy atom. The molecule has 1 aromatic carbocycles. The van der Waals surface area contributed by atoms with Gasteiger partial charge in [-0.3, -0.25) is 10.1 Å². The van der Waals surface area contributed by atoms with Crippen molar-refractivity contribution in [1.29, 1.82) is 0 Å². The summed E-state index contributed by atoms with van der Waals surface area (Å²) < 4.78 is 0. The summed E-state index contributed by atoms with van der Waals surface area (Å²) in [5.74, 6) is -0.344. The first kappa shape index (κ1) is 18.0. The molecule has 2 rings (SSSR count).